The normalized spacial score (nSPS) is 20.3. The SMILES string of the molecule is CCCCCCCCCCCCCCC(CCCCCCCCCCCCCC)C(=O)N[C@H](CO[C@H]1O[C@H](CO)[C@@H](O)[C@H](O)[C@@H]1O)C(=O)N[C@@H](CCC(=O)O)C(=O)NC. The highest BCUT2D eigenvalue weighted by atomic mass is 16.7. The predicted octanol–water partition coefficient (Wildman–Crippen LogP) is 6.18. The van der Waals surface area contributed by atoms with Gasteiger partial charge in [-0.15, -0.1) is 0 Å². The van der Waals surface area contributed by atoms with Crippen LogP contribution in [0.3, 0.4) is 0 Å². The predicted molar refractivity (Wildman–Crippen MR) is 229 cm³/mol. The van der Waals surface area contributed by atoms with Crippen molar-refractivity contribution in [3.63, 3.8) is 0 Å². The maximum atomic E-state index is 14.0. The highest BCUT2D eigenvalue weighted by Gasteiger charge is 2.44. The first kappa shape index (κ1) is 54.7. The summed E-state index contributed by atoms with van der Waals surface area (Å²) in [4.78, 5) is 51.7. The second-order valence-corrected chi connectivity index (χ2v) is 16.8. The summed E-state index contributed by atoms with van der Waals surface area (Å²) >= 11 is 0. The largest absolute Gasteiger partial charge is 0.481 e. The van der Waals surface area contributed by atoms with E-state index in [-0.39, 0.29) is 18.2 Å². The first-order valence-electron chi connectivity index (χ1n) is 23.5. The van der Waals surface area contributed by atoms with Gasteiger partial charge in [0.15, 0.2) is 6.29 Å². The van der Waals surface area contributed by atoms with Gasteiger partial charge in [-0.05, 0) is 19.3 Å². The van der Waals surface area contributed by atoms with Crippen molar-refractivity contribution in [1.82, 2.24) is 16.0 Å². The third-order valence-electron chi connectivity index (χ3n) is 11.6. The Morgan fingerprint density at radius 3 is 1.39 bits per heavy atom. The molecule has 0 saturated carbocycles. The number of aliphatic hydroxyl groups excluding tert-OH is 4. The molecule has 0 bridgehead atoms. The number of aliphatic hydroxyl groups is 4. The van der Waals surface area contributed by atoms with Gasteiger partial charge in [-0.3, -0.25) is 19.2 Å². The van der Waals surface area contributed by atoms with E-state index in [1.807, 2.05) is 0 Å². The monoisotopic (exact) mass is 844 g/mol. The molecule has 0 aromatic heterocycles. The quantitative estimate of drug-likeness (QED) is 0.0328. The zero-order chi connectivity index (χ0) is 43.7. The Bertz CT molecular complexity index is 1070. The van der Waals surface area contributed by atoms with Crippen LogP contribution >= 0.6 is 0 Å². The van der Waals surface area contributed by atoms with Crippen molar-refractivity contribution in [1.29, 1.82) is 0 Å². The number of carbonyl (C=O) groups excluding carboxylic acids is 3. The van der Waals surface area contributed by atoms with E-state index in [9.17, 15) is 44.7 Å². The Morgan fingerprint density at radius 1 is 0.559 bits per heavy atom. The van der Waals surface area contributed by atoms with E-state index in [2.05, 4.69) is 29.8 Å². The molecule has 1 heterocycles. The molecule has 346 valence electrons. The van der Waals surface area contributed by atoms with Crippen molar-refractivity contribution < 1.29 is 54.2 Å². The van der Waals surface area contributed by atoms with Crippen LogP contribution in [-0.2, 0) is 28.7 Å². The molecule has 0 aliphatic carbocycles. The lowest BCUT2D eigenvalue weighted by atomic mass is 9.92. The molecule has 59 heavy (non-hydrogen) atoms. The summed E-state index contributed by atoms with van der Waals surface area (Å²) in [6.07, 6.45) is 21.6. The summed E-state index contributed by atoms with van der Waals surface area (Å²) < 4.78 is 11.2. The number of hydrogen-bond acceptors (Lipinski definition) is 10. The van der Waals surface area contributed by atoms with E-state index < -0.39 is 80.2 Å². The van der Waals surface area contributed by atoms with Crippen LogP contribution in [0.4, 0.5) is 0 Å². The Balaban J connectivity index is 2.97. The van der Waals surface area contributed by atoms with Crippen LogP contribution in [0.25, 0.3) is 0 Å². The van der Waals surface area contributed by atoms with Gasteiger partial charge < -0.3 is 51.0 Å². The number of unbranched alkanes of at least 4 members (excludes halogenated alkanes) is 22. The highest BCUT2D eigenvalue weighted by molar-refractivity contribution is 5.92. The fourth-order valence-corrected chi connectivity index (χ4v) is 7.72. The molecule has 1 fully saturated rings. The van der Waals surface area contributed by atoms with Crippen molar-refractivity contribution >= 4 is 23.7 Å². The van der Waals surface area contributed by atoms with Crippen LogP contribution in [0.2, 0.25) is 0 Å². The smallest absolute Gasteiger partial charge is 0.303 e. The van der Waals surface area contributed by atoms with Gasteiger partial charge in [0.1, 0.15) is 36.5 Å². The molecule has 14 nitrogen and oxygen atoms in total. The summed E-state index contributed by atoms with van der Waals surface area (Å²) in [5.74, 6) is -3.31. The van der Waals surface area contributed by atoms with E-state index in [4.69, 9.17) is 9.47 Å². The molecule has 8 N–H and O–H groups in total. The number of ether oxygens (including phenoxy) is 2. The van der Waals surface area contributed by atoms with Gasteiger partial charge in [0.05, 0.1) is 13.2 Å². The van der Waals surface area contributed by atoms with E-state index in [1.165, 1.54) is 110 Å². The standard InChI is InChI=1S/C45H85N3O11/c1-4-6-8-10-12-14-16-18-20-22-24-26-28-34(29-27-25-23-21-19-17-15-13-11-9-7-5-2)42(55)48-36(44(57)47-35(43(56)46-3)30-31-38(50)51)33-58-45-41(54)40(53)39(52)37(32-49)59-45/h34-37,39-41,45,49,52-54H,4-33H2,1-3H3,(H,46,56)(H,47,57)(H,48,55)(H,50,51)/t35-,36+,37+,39+,40-,41-,45-/m0/s1. The van der Waals surface area contributed by atoms with Gasteiger partial charge in [0.25, 0.3) is 0 Å². The highest BCUT2D eigenvalue weighted by Crippen LogP contribution is 2.24. The summed E-state index contributed by atoms with van der Waals surface area (Å²) in [5, 5.41) is 57.7. The molecule has 0 radical (unpaired) electrons. The third-order valence-corrected chi connectivity index (χ3v) is 11.6. The molecule has 1 rings (SSSR count). The first-order chi connectivity index (χ1) is 28.5. The number of carbonyl (C=O) groups is 4. The van der Waals surface area contributed by atoms with Crippen LogP contribution in [0, 0.1) is 5.92 Å². The van der Waals surface area contributed by atoms with Gasteiger partial charge in [0.2, 0.25) is 17.7 Å². The van der Waals surface area contributed by atoms with Crippen molar-refractivity contribution in [3.05, 3.63) is 0 Å². The summed E-state index contributed by atoms with van der Waals surface area (Å²) in [5.41, 5.74) is 0. The zero-order valence-corrected chi connectivity index (χ0v) is 37.0. The lowest BCUT2D eigenvalue weighted by Gasteiger charge is -2.40. The van der Waals surface area contributed by atoms with Crippen molar-refractivity contribution in [2.24, 2.45) is 5.92 Å². The van der Waals surface area contributed by atoms with Gasteiger partial charge in [-0.2, -0.15) is 0 Å². The Morgan fingerprint density at radius 2 is 0.983 bits per heavy atom. The average molecular weight is 844 g/mol. The Kier molecular flexibility index (Phi) is 32.7. The lowest BCUT2D eigenvalue weighted by Crippen LogP contribution is -2.60. The number of aliphatic carboxylic acids is 1. The number of carboxylic acids is 1. The average Bonchev–Trinajstić information content (AvgIpc) is 3.22. The molecule has 0 spiro atoms. The molecule has 0 unspecified atom stereocenters. The molecule has 14 heteroatoms. The van der Waals surface area contributed by atoms with Gasteiger partial charge in [-0.25, -0.2) is 0 Å². The van der Waals surface area contributed by atoms with Gasteiger partial charge in [-0.1, -0.05) is 168 Å². The molecule has 0 aromatic carbocycles. The summed E-state index contributed by atoms with van der Waals surface area (Å²) in [7, 11) is 1.36. The maximum Gasteiger partial charge on any atom is 0.303 e. The molecular formula is C45H85N3O11. The van der Waals surface area contributed by atoms with E-state index in [0.29, 0.717) is 12.8 Å². The van der Waals surface area contributed by atoms with Gasteiger partial charge in [0, 0.05) is 19.4 Å². The second-order valence-electron chi connectivity index (χ2n) is 16.8. The number of likely N-dealkylation sites (N-methyl/N-ethyl adjacent to an activating group) is 1. The minimum atomic E-state index is -1.73. The van der Waals surface area contributed by atoms with Crippen LogP contribution in [-0.4, -0.2) is 112 Å². The summed E-state index contributed by atoms with van der Waals surface area (Å²) in [6.45, 7) is 3.23. The first-order valence-corrected chi connectivity index (χ1v) is 23.5. The molecule has 1 aliphatic rings. The molecule has 3 amide bonds. The molecule has 1 aliphatic heterocycles. The minimum Gasteiger partial charge on any atom is -0.481 e. The van der Waals surface area contributed by atoms with Crippen LogP contribution < -0.4 is 16.0 Å². The lowest BCUT2D eigenvalue weighted by molar-refractivity contribution is -0.301. The maximum absolute atomic E-state index is 14.0. The third kappa shape index (κ3) is 25.2. The zero-order valence-electron chi connectivity index (χ0n) is 37.0. The number of carboxylic acid groups (broad SMARTS) is 1. The minimum absolute atomic E-state index is 0.199. The molecular weight excluding hydrogens is 759 g/mol. The van der Waals surface area contributed by atoms with Crippen molar-refractivity contribution in [2.45, 2.75) is 236 Å². The van der Waals surface area contributed by atoms with E-state index >= 15 is 0 Å². The topological polar surface area (TPSA) is 224 Å². The van der Waals surface area contributed by atoms with E-state index in [1.54, 1.807) is 0 Å². The number of rotatable bonds is 38. The van der Waals surface area contributed by atoms with Crippen molar-refractivity contribution in [2.75, 3.05) is 20.3 Å². The van der Waals surface area contributed by atoms with Gasteiger partial charge >= 0.3 is 5.97 Å². The Hall–Kier alpha value is -2.36. The summed E-state index contributed by atoms with van der Waals surface area (Å²) in [6, 6.07) is -2.61. The fourth-order valence-electron chi connectivity index (χ4n) is 7.72. The van der Waals surface area contributed by atoms with Crippen LogP contribution in [0.1, 0.15) is 194 Å². The molecule has 1 saturated heterocycles. The van der Waals surface area contributed by atoms with Crippen molar-refractivity contribution in [3.8, 4) is 0 Å². The molecule has 0 aromatic rings. The van der Waals surface area contributed by atoms with E-state index in [0.717, 1.165) is 51.4 Å². The second kappa shape index (κ2) is 35.3. The molecule has 7 atom stereocenters. The Labute approximate surface area is 355 Å². The number of nitrogens with one attached hydrogen (secondary N) is 3. The van der Waals surface area contributed by atoms with Crippen LogP contribution in [0.5, 0.6) is 0 Å². The number of hydrogen-bond donors (Lipinski definition) is 8. The number of amides is 3. The fraction of sp³-hybridized carbons (Fsp3) is 0.911. The van der Waals surface area contributed by atoms with Crippen LogP contribution in [0.15, 0.2) is 0 Å².